The van der Waals surface area contributed by atoms with Crippen LogP contribution in [0.3, 0.4) is 0 Å². The molecule has 10 heteroatoms. The number of carbonyl (C=O) groups excluding carboxylic acids is 2. The largest absolute Gasteiger partial charge is 0.497 e. The first kappa shape index (κ1) is 19.1. The van der Waals surface area contributed by atoms with E-state index in [4.69, 9.17) is 4.74 Å². The second kappa shape index (κ2) is 7.30. The van der Waals surface area contributed by atoms with E-state index in [1.54, 1.807) is 42.5 Å². The number of fused-ring (bicyclic) bond motifs is 1. The van der Waals surface area contributed by atoms with Gasteiger partial charge >= 0.3 is 0 Å². The first-order valence-corrected chi connectivity index (χ1v) is 10.8. The van der Waals surface area contributed by atoms with E-state index in [0.717, 1.165) is 16.2 Å². The first-order valence-electron chi connectivity index (χ1n) is 8.46. The highest BCUT2D eigenvalue weighted by molar-refractivity contribution is 7.94. The van der Waals surface area contributed by atoms with E-state index in [2.05, 4.69) is 9.71 Å². The Morgan fingerprint density at radius 1 is 1.10 bits per heavy atom. The van der Waals surface area contributed by atoms with Crippen molar-refractivity contribution in [1.82, 2.24) is 9.88 Å². The number of anilines is 1. The Morgan fingerprint density at radius 3 is 2.69 bits per heavy atom. The third kappa shape index (κ3) is 3.59. The van der Waals surface area contributed by atoms with Gasteiger partial charge in [-0.1, -0.05) is 6.07 Å². The Labute approximate surface area is 170 Å². The molecule has 4 rings (SSSR count). The Morgan fingerprint density at radius 2 is 1.93 bits per heavy atom. The number of methoxy groups -OCH3 is 1. The summed E-state index contributed by atoms with van der Waals surface area (Å²) in [6.45, 7) is -0.0205. The van der Waals surface area contributed by atoms with Crippen LogP contribution in [0.15, 0.2) is 58.9 Å². The van der Waals surface area contributed by atoms with Crippen LogP contribution >= 0.6 is 11.3 Å². The molecule has 0 aliphatic carbocycles. The molecular weight excluding hydrogens is 414 g/mol. The summed E-state index contributed by atoms with van der Waals surface area (Å²) in [7, 11) is -2.33. The van der Waals surface area contributed by atoms with Crippen molar-refractivity contribution in [2.45, 2.75) is 10.8 Å². The van der Waals surface area contributed by atoms with Gasteiger partial charge in [0.25, 0.3) is 21.8 Å². The van der Waals surface area contributed by atoms with Crippen LogP contribution in [0.25, 0.3) is 0 Å². The van der Waals surface area contributed by atoms with Crippen LogP contribution in [0.2, 0.25) is 0 Å². The Hall–Kier alpha value is -3.24. The lowest BCUT2D eigenvalue weighted by atomic mass is 10.2. The second-order valence-corrected chi connectivity index (χ2v) is 9.23. The number of aromatic nitrogens is 1. The van der Waals surface area contributed by atoms with Crippen LogP contribution in [0, 0.1) is 0 Å². The Kier molecular flexibility index (Phi) is 4.81. The first-order chi connectivity index (χ1) is 13.9. The summed E-state index contributed by atoms with van der Waals surface area (Å²) in [5, 5.41) is 0. The molecule has 0 fully saturated rings. The number of nitrogens with one attached hydrogen (secondary N) is 1. The predicted octanol–water partition coefficient (Wildman–Crippen LogP) is 2.75. The number of ether oxygens (including phenoxy) is 1. The fourth-order valence-electron chi connectivity index (χ4n) is 2.89. The van der Waals surface area contributed by atoms with Gasteiger partial charge in [0.1, 0.15) is 15.7 Å². The van der Waals surface area contributed by atoms with Gasteiger partial charge in [-0.05, 0) is 36.4 Å². The zero-order valence-corrected chi connectivity index (χ0v) is 16.8. The number of sulfonamides is 1. The van der Waals surface area contributed by atoms with Gasteiger partial charge in [-0.2, -0.15) is 0 Å². The number of nitrogens with zero attached hydrogens (tertiary/aromatic N) is 2. The molecule has 0 atom stereocenters. The number of rotatable bonds is 6. The molecular formula is C19H15N3O5S2. The molecule has 2 amide bonds. The van der Waals surface area contributed by atoms with Crippen molar-refractivity contribution in [3.63, 3.8) is 0 Å². The lowest BCUT2D eigenvalue weighted by molar-refractivity contribution is 0.0642. The van der Waals surface area contributed by atoms with Gasteiger partial charge in [0.05, 0.1) is 24.9 Å². The molecule has 1 N–H and O–H groups in total. The summed E-state index contributed by atoms with van der Waals surface area (Å²) >= 11 is 0.990. The van der Waals surface area contributed by atoms with Crippen molar-refractivity contribution in [3.05, 3.63) is 70.9 Å². The number of hydrogen-bond donors (Lipinski definition) is 1. The molecule has 148 valence electrons. The normalized spacial score (nSPS) is 13.5. The van der Waals surface area contributed by atoms with Crippen molar-refractivity contribution < 1.29 is 22.7 Å². The molecule has 0 bridgehead atoms. The summed E-state index contributed by atoms with van der Waals surface area (Å²) in [6, 6.07) is 12.7. The van der Waals surface area contributed by atoms with Crippen LogP contribution < -0.4 is 9.46 Å². The summed E-state index contributed by atoms with van der Waals surface area (Å²) in [5.41, 5.74) is 0.730. The van der Waals surface area contributed by atoms with E-state index in [-0.39, 0.29) is 22.0 Å². The number of thiophene rings is 1. The standard InChI is InChI=1S/C19H15N3O5S2/c1-27-13-5-2-4-12(10-13)21-29(25,26)16-8-7-14(28-16)11-22-18(23)15-6-3-9-20-17(15)19(22)24/h2-10,21H,11H2,1H3. The van der Waals surface area contributed by atoms with Crippen LogP contribution in [0.5, 0.6) is 5.75 Å². The van der Waals surface area contributed by atoms with Crippen molar-refractivity contribution in [3.8, 4) is 5.75 Å². The summed E-state index contributed by atoms with van der Waals surface area (Å²) in [6.07, 6.45) is 1.45. The van der Waals surface area contributed by atoms with E-state index in [9.17, 15) is 18.0 Å². The van der Waals surface area contributed by atoms with E-state index >= 15 is 0 Å². The topological polar surface area (TPSA) is 106 Å². The van der Waals surface area contributed by atoms with Crippen molar-refractivity contribution >= 4 is 38.9 Å². The van der Waals surface area contributed by atoms with Crippen LogP contribution in [0.4, 0.5) is 5.69 Å². The Balaban J connectivity index is 1.53. The average molecular weight is 429 g/mol. The molecule has 0 saturated carbocycles. The lowest BCUT2D eigenvalue weighted by Gasteiger charge is -2.11. The molecule has 0 saturated heterocycles. The predicted molar refractivity (Wildman–Crippen MR) is 107 cm³/mol. The maximum absolute atomic E-state index is 12.7. The highest BCUT2D eigenvalue weighted by atomic mass is 32.2. The van der Waals surface area contributed by atoms with Gasteiger partial charge in [-0.25, -0.2) is 8.42 Å². The smallest absolute Gasteiger partial charge is 0.280 e. The fraction of sp³-hybridized carbons (Fsp3) is 0.105. The third-order valence-corrected chi connectivity index (χ3v) is 7.21. The molecule has 29 heavy (non-hydrogen) atoms. The number of carbonyl (C=O) groups is 2. The monoisotopic (exact) mass is 429 g/mol. The second-order valence-electron chi connectivity index (χ2n) is 6.15. The van der Waals surface area contributed by atoms with E-state index in [0.29, 0.717) is 16.3 Å². The van der Waals surface area contributed by atoms with Gasteiger partial charge in [0.15, 0.2) is 0 Å². The van der Waals surface area contributed by atoms with Crippen LogP contribution in [-0.2, 0) is 16.6 Å². The maximum atomic E-state index is 12.7. The quantitative estimate of drug-likeness (QED) is 0.604. The van der Waals surface area contributed by atoms with E-state index in [1.165, 1.54) is 19.4 Å². The minimum Gasteiger partial charge on any atom is -0.497 e. The molecule has 1 aromatic carbocycles. The molecule has 1 aliphatic rings. The van der Waals surface area contributed by atoms with E-state index < -0.39 is 21.8 Å². The zero-order valence-electron chi connectivity index (χ0n) is 15.2. The maximum Gasteiger partial charge on any atom is 0.280 e. The fourth-order valence-corrected chi connectivity index (χ4v) is 5.29. The molecule has 0 unspecified atom stereocenters. The molecule has 0 spiro atoms. The molecule has 8 nitrogen and oxygen atoms in total. The highest BCUT2D eigenvalue weighted by Gasteiger charge is 2.36. The average Bonchev–Trinajstić information content (AvgIpc) is 3.28. The molecule has 1 aliphatic heterocycles. The van der Waals surface area contributed by atoms with Gasteiger partial charge < -0.3 is 4.74 Å². The molecule has 3 heterocycles. The number of benzene rings is 1. The third-order valence-electron chi connectivity index (χ3n) is 4.27. The summed E-state index contributed by atoms with van der Waals surface area (Å²) in [4.78, 5) is 30.5. The summed E-state index contributed by atoms with van der Waals surface area (Å²) in [5.74, 6) is -0.403. The van der Waals surface area contributed by atoms with Crippen LogP contribution in [0.1, 0.15) is 25.7 Å². The number of imide groups is 1. The minimum absolute atomic E-state index is 0.0205. The van der Waals surface area contributed by atoms with Crippen molar-refractivity contribution in [2.75, 3.05) is 11.8 Å². The SMILES string of the molecule is COc1cccc(NS(=O)(=O)c2ccc(CN3C(=O)c4cccnc4C3=O)s2)c1. The molecule has 2 aromatic heterocycles. The Bertz CT molecular complexity index is 1180. The molecule has 3 aromatic rings. The van der Waals surface area contributed by atoms with Gasteiger partial charge in [-0.3, -0.25) is 24.2 Å². The minimum atomic E-state index is -3.82. The van der Waals surface area contributed by atoms with Crippen LogP contribution in [-0.4, -0.2) is 37.2 Å². The van der Waals surface area contributed by atoms with Gasteiger partial charge in [0.2, 0.25) is 0 Å². The van der Waals surface area contributed by atoms with Crippen molar-refractivity contribution in [1.29, 1.82) is 0 Å². The van der Waals surface area contributed by atoms with Gasteiger partial charge in [-0.15, -0.1) is 11.3 Å². The number of amides is 2. The lowest BCUT2D eigenvalue weighted by Crippen LogP contribution is -2.28. The van der Waals surface area contributed by atoms with Gasteiger partial charge in [0, 0.05) is 17.1 Å². The zero-order chi connectivity index (χ0) is 20.6. The summed E-state index contributed by atoms with van der Waals surface area (Å²) < 4.78 is 33.0. The number of pyridine rings is 1. The highest BCUT2D eigenvalue weighted by Crippen LogP contribution is 2.29. The van der Waals surface area contributed by atoms with E-state index in [1.807, 2.05) is 0 Å². The number of hydrogen-bond acceptors (Lipinski definition) is 7. The molecule has 0 radical (unpaired) electrons. The van der Waals surface area contributed by atoms with Crippen molar-refractivity contribution in [2.24, 2.45) is 0 Å².